The van der Waals surface area contributed by atoms with Crippen LogP contribution in [-0.4, -0.2) is 35.0 Å². The number of nitro benzene ring substituents is 1. The summed E-state index contributed by atoms with van der Waals surface area (Å²) in [5.41, 5.74) is -0.236. The van der Waals surface area contributed by atoms with Crippen LogP contribution in [0.4, 0.5) is 5.69 Å². The first-order valence-electron chi connectivity index (χ1n) is 8.35. The molecule has 4 rings (SSSR count). The smallest absolute Gasteiger partial charge is 0.338 e. The third-order valence-electron chi connectivity index (χ3n) is 3.97. The molecule has 0 unspecified atom stereocenters. The second kappa shape index (κ2) is 8.04. The zero-order valence-electron chi connectivity index (χ0n) is 15.3. The van der Waals surface area contributed by atoms with Gasteiger partial charge < -0.3 is 9.30 Å². The van der Waals surface area contributed by atoms with Crippen molar-refractivity contribution in [3.8, 4) is 0 Å². The first kappa shape index (κ1) is 19.7. The van der Waals surface area contributed by atoms with Crippen LogP contribution in [0, 0.1) is 10.1 Å². The Morgan fingerprint density at radius 3 is 2.93 bits per heavy atom. The minimum Gasteiger partial charge on any atom is -0.456 e. The van der Waals surface area contributed by atoms with Gasteiger partial charge in [0, 0.05) is 30.8 Å². The number of aromatic nitrogens is 5. The molecule has 0 fully saturated rings. The summed E-state index contributed by atoms with van der Waals surface area (Å²) in [6.07, 6.45) is 3.08. The highest BCUT2D eigenvalue weighted by atomic mass is 32.2. The molecule has 0 radical (unpaired) electrons. The van der Waals surface area contributed by atoms with Crippen molar-refractivity contribution in [1.29, 1.82) is 0 Å². The SMILES string of the molecule is Cn1cnnc1Sc1ccc(C(=O)OCc2cc(=O)n3ccsc3n2)cc1[N+](=O)[O-]. The number of carbonyl (C=O) groups is 1. The van der Waals surface area contributed by atoms with Crippen LogP contribution in [0.2, 0.25) is 0 Å². The lowest BCUT2D eigenvalue weighted by Crippen LogP contribution is -2.14. The Morgan fingerprint density at radius 1 is 1.37 bits per heavy atom. The lowest BCUT2D eigenvalue weighted by Gasteiger charge is -2.07. The number of aryl methyl sites for hydroxylation is 1. The van der Waals surface area contributed by atoms with Crippen molar-refractivity contribution in [2.75, 3.05) is 0 Å². The molecule has 0 aliphatic heterocycles. The van der Waals surface area contributed by atoms with E-state index in [2.05, 4.69) is 15.2 Å². The number of esters is 1. The minimum absolute atomic E-state index is 0.0120. The normalized spacial score (nSPS) is 11.0. The predicted molar refractivity (Wildman–Crippen MR) is 107 cm³/mol. The molecule has 0 bridgehead atoms. The van der Waals surface area contributed by atoms with Gasteiger partial charge in [0.15, 0.2) is 10.1 Å². The topological polar surface area (TPSA) is 135 Å². The van der Waals surface area contributed by atoms with E-state index in [1.165, 1.54) is 40.3 Å². The Kier molecular flexibility index (Phi) is 5.29. The number of benzene rings is 1. The summed E-state index contributed by atoms with van der Waals surface area (Å²) >= 11 is 2.34. The van der Waals surface area contributed by atoms with Crippen LogP contribution in [0.5, 0.6) is 0 Å². The average molecular weight is 444 g/mol. The summed E-state index contributed by atoms with van der Waals surface area (Å²) in [5, 5.41) is 21.3. The van der Waals surface area contributed by atoms with Crippen LogP contribution in [0.3, 0.4) is 0 Å². The molecule has 0 atom stereocenters. The molecule has 0 N–H and O–H groups in total. The Labute approximate surface area is 176 Å². The van der Waals surface area contributed by atoms with Crippen molar-refractivity contribution >= 4 is 39.7 Å². The first-order valence-corrected chi connectivity index (χ1v) is 10.0. The number of hydrogen-bond acceptors (Lipinski definition) is 10. The van der Waals surface area contributed by atoms with E-state index in [1.807, 2.05) is 0 Å². The second-order valence-corrected chi connectivity index (χ2v) is 7.87. The third kappa shape index (κ3) is 3.92. The van der Waals surface area contributed by atoms with E-state index in [-0.39, 0.29) is 23.4 Å². The molecule has 0 saturated carbocycles. The second-order valence-electron chi connectivity index (χ2n) is 5.98. The quantitative estimate of drug-likeness (QED) is 0.249. The highest BCUT2D eigenvalue weighted by molar-refractivity contribution is 7.99. The van der Waals surface area contributed by atoms with Gasteiger partial charge in [-0.25, -0.2) is 9.78 Å². The Morgan fingerprint density at radius 2 is 2.20 bits per heavy atom. The van der Waals surface area contributed by atoms with E-state index >= 15 is 0 Å². The summed E-state index contributed by atoms with van der Waals surface area (Å²) in [7, 11) is 1.72. The van der Waals surface area contributed by atoms with Crippen molar-refractivity contribution in [2.45, 2.75) is 16.7 Å². The van der Waals surface area contributed by atoms with Crippen LogP contribution < -0.4 is 5.56 Å². The molecule has 13 heteroatoms. The van der Waals surface area contributed by atoms with Gasteiger partial charge in [0.05, 0.1) is 21.1 Å². The van der Waals surface area contributed by atoms with Gasteiger partial charge in [0.25, 0.3) is 11.2 Å². The number of rotatable bonds is 6. The number of carbonyl (C=O) groups excluding carboxylic acids is 1. The van der Waals surface area contributed by atoms with E-state index < -0.39 is 10.9 Å². The number of thiazole rings is 1. The van der Waals surface area contributed by atoms with Crippen LogP contribution in [0.1, 0.15) is 16.1 Å². The summed E-state index contributed by atoms with van der Waals surface area (Å²) < 4.78 is 8.20. The van der Waals surface area contributed by atoms with E-state index in [1.54, 1.807) is 23.2 Å². The van der Waals surface area contributed by atoms with Gasteiger partial charge >= 0.3 is 5.97 Å². The molecular formula is C17H12N6O5S2. The van der Waals surface area contributed by atoms with Crippen molar-refractivity contribution < 1.29 is 14.5 Å². The van der Waals surface area contributed by atoms with Gasteiger partial charge in [-0.2, -0.15) is 0 Å². The molecule has 0 aliphatic rings. The molecule has 30 heavy (non-hydrogen) atoms. The molecule has 0 amide bonds. The molecule has 3 heterocycles. The van der Waals surface area contributed by atoms with E-state index in [4.69, 9.17) is 4.74 Å². The maximum Gasteiger partial charge on any atom is 0.338 e. The summed E-state index contributed by atoms with van der Waals surface area (Å²) in [6, 6.07) is 5.30. The summed E-state index contributed by atoms with van der Waals surface area (Å²) in [5.74, 6) is -0.763. The molecule has 152 valence electrons. The average Bonchev–Trinajstić information content (AvgIpc) is 3.35. The maximum absolute atomic E-state index is 12.4. The fraction of sp³-hybridized carbons (Fsp3) is 0.118. The molecule has 0 spiro atoms. The summed E-state index contributed by atoms with van der Waals surface area (Å²) in [6.45, 7) is -0.230. The molecule has 1 aromatic carbocycles. The summed E-state index contributed by atoms with van der Waals surface area (Å²) in [4.78, 5) is 40.3. The third-order valence-corrected chi connectivity index (χ3v) is 5.84. The number of fused-ring (bicyclic) bond motifs is 1. The van der Waals surface area contributed by atoms with Crippen LogP contribution in [0.15, 0.2) is 57.0 Å². The molecule has 4 aromatic rings. The van der Waals surface area contributed by atoms with Crippen LogP contribution in [-0.2, 0) is 18.4 Å². The zero-order valence-corrected chi connectivity index (χ0v) is 16.9. The maximum atomic E-state index is 12.4. The van der Waals surface area contributed by atoms with Gasteiger partial charge in [-0.15, -0.1) is 21.5 Å². The molecule has 3 aromatic heterocycles. The van der Waals surface area contributed by atoms with E-state index in [0.29, 0.717) is 20.7 Å². The van der Waals surface area contributed by atoms with Crippen molar-refractivity contribution in [1.82, 2.24) is 24.1 Å². The number of hydrogen-bond donors (Lipinski definition) is 0. The van der Waals surface area contributed by atoms with Gasteiger partial charge in [0.2, 0.25) is 0 Å². The van der Waals surface area contributed by atoms with Gasteiger partial charge in [0.1, 0.15) is 12.9 Å². The Hall–Kier alpha value is -3.58. The number of nitro groups is 1. The van der Waals surface area contributed by atoms with Crippen molar-refractivity contribution in [3.05, 3.63) is 73.9 Å². The van der Waals surface area contributed by atoms with Crippen LogP contribution in [0.25, 0.3) is 4.96 Å². The minimum atomic E-state index is -0.763. The first-order chi connectivity index (χ1) is 14.4. The molecular weight excluding hydrogens is 432 g/mol. The Balaban J connectivity index is 1.53. The van der Waals surface area contributed by atoms with Gasteiger partial charge in [-0.3, -0.25) is 19.3 Å². The number of ether oxygens (including phenoxy) is 1. The van der Waals surface area contributed by atoms with Crippen molar-refractivity contribution in [3.63, 3.8) is 0 Å². The molecule has 11 nitrogen and oxygen atoms in total. The standard InChI is InChI=1S/C17H12N6O5S2/c1-21-9-18-20-17(21)30-13-3-2-10(6-12(13)23(26)27)15(25)28-8-11-7-14(24)22-4-5-29-16(22)19-11/h2-7,9H,8H2,1H3. The van der Waals surface area contributed by atoms with Crippen LogP contribution >= 0.6 is 23.1 Å². The van der Waals surface area contributed by atoms with Gasteiger partial charge in [-0.05, 0) is 23.9 Å². The van der Waals surface area contributed by atoms with E-state index in [0.717, 1.165) is 17.8 Å². The fourth-order valence-corrected chi connectivity index (χ4v) is 4.11. The lowest BCUT2D eigenvalue weighted by molar-refractivity contribution is -0.387. The highest BCUT2D eigenvalue weighted by Gasteiger charge is 2.21. The zero-order chi connectivity index (χ0) is 21.3. The monoisotopic (exact) mass is 444 g/mol. The fourth-order valence-electron chi connectivity index (χ4n) is 2.52. The molecule has 0 saturated heterocycles. The predicted octanol–water partition coefficient (Wildman–Crippen LogP) is 2.30. The lowest BCUT2D eigenvalue weighted by atomic mass is 10.2. The highest BCUT2D eigenvalue weighted by Crippen LogP contribution is 2.34. The van der Waals surface area contributed by atoms with Gasteiger partial charge in [-0.1, -0.05) is 0 Å². The number of nitrogens with zero attached hydrogens (tertiary/aromatic N) is 6. The largest absolute Gasteiger partial charge is 0.456 e. The Bertz CT molecular complexity index is 1330. The van der Waals surface area contributed by atoms with E-state index in [9.17, 15) is 19.7 Å². The van der Waals surface area contributed by atoms with Crippen molar-refractivity contribution in [2.24, 2.45) is 7.05 Å². The molecule has 0 aliphatic carbocycles.